The van der Waals surface area contributed by atoms with E-state index in [2.05, 4.69) is 33.4 Å². The van der Waals surface area contributed by atoms with Gasteiger partial charge in [0.15, 0.2) is 0 Å². The van der Waals surface area contributed by atoms with Gasteiger partial charge in [-0.2, -0.15) is 0 Å². The van der Waals surface area contributed by atoms with Crippen LogP contribution in [0.25, 0.3) is 0 Å². The Balaban J connectivity index is 1.89. The van der Waals surface area contributed by atoms with Crippen LogP contribution in [0, 0.1) is 22.7 Å². The molecule has 0 aromatic heterocycles. The lowest BCUT2D eigenvalue weighted by molar-refractivity contribution is -0.135. The molecule has 1 aliphatic heterocycles. The molecular formula is C20H28O2. The molecule has 2 aliphatic carbocycles. The maximum atomic E-state index is 11.6. The summed E-state index contributed by atoms with van der Waals surface area (Å²) in [4.78, 5) is 11.6. The van der Waals surface area contributed by atoms with Crippen LogP contribution >= 0.6 is 0 Å². The average Bonchev–Trinajstić information content (AvgIpc) is 2.82. The third-order valence-electron chi connectivity index (χ3n) is 6.40. The van der Waals surface area contributed by atoms with E-state index < -0.39 is 0 Å². The highest BCUT2D eigenvalue weighted by Crippen LogP contribution is 2.61. The first-order valence-electron chi connectivity index (χ1n) is 8.58. The molecule has 0 aromatic carbocycles. The fraction of sp³-hybridized carbons (Fsp3) is 0.650. The van der Waals surface area contributed by atoms with E-state index in [9.17, 15) is 4.79 Å². The molecule has 2 saturated carbocycles. The minimum atomic E-state index is -0.191. The van der Waals surface area contributed by atoms with Gasteiger partial charge in [-0.25, -0.2) is 4.79 Å². The SMILES string of the molecule is C=C1CC[C@@H]2C(C)(C)CCC[C@]2(C)[C@@H]1C=CC1=CCOC1=O. The Morgan fingerprint density at radius 3 is 2.77 bits per heavy atom. The van der Waals surface area contributed by atoms with Crippen molar-refractivity contribution in [1.29, 1.82) is 0 Å². The van der Waals surface area contributed by atoms with Crippen LogP contribution in [-0.2, 0) is 9.53 Å². The van der Waals surface area contributed by atoms with Crippen molar-refractivity contribution in [2.45, 2.75) is 52.9 Å². The number of ether oxygens (including phenoxy) is 1. The van der Waals surface area contributed by atoms with Crippen molar-refractivity contribution in [2.75, 3.05) is 6.61 Å². The number of carbonyl (C=O) groups excluding carboxylic acids is 1. The van der Waals surface area contributed by atoms with E-state index in [0.717, 1.165) is 12.3 Å². The second-order valence-electron chi connectivity index (χ2n) is 8.19. The van der Waals surface area contributed by atoms with Gasteiger partial charge in [-0.05, 0) is 48.5 Å². The van der Waals surface area contributed by atoms with Gasteiger partial charge in [0, 0.05) is 5.92 Å². The maximum Gasteiger partial charge on any atom is 0.338 e. The predicted octanol–water partition coefficient (Wildman–Crippen LogP) is 4.82. The normalized spacial score (nSPS) is 37.9. The van der Waals surface area contributed by atoms with Crippen molar-refractivity contribution in [3.63, 3.8) is 0 Å². The zero-order chi connectivity index (χ0) is 16.0. The highest BCUT2D eigenvalue weighted by atomic mass is 16.5. The summed E-state index contributed by atoms with van der Waals surface area (Å²) in [5.41, 5.74) is 2.72. The van der Waals surface area contributed by atoms with Gasteiger partial charge in [0.2, 0.25) is 0 Å². The second kappa shape index (κ2) is 5.40. The van der Waals surface area contributed by atoms with Crippen molar-refractivity contribution in [1.82, 2.24) is 0 Å². The predicted molar refractivity (Wildman–Crippen MR) is 89.3 cm³/mol. The van der Waals surface area contributed by atoms with Gasteiger partial charge in [-0.1, -0.05) is 51.5 Å². The molecule has 120 valence electrons. The van der Waals surface area contributed by atoms with Gasteiger partial charge < -0.3 is 4.74 Å². The van der Waals surface area contributed by atoms with E-state index in [1.165, 1.54) is 31.3 Å². The summed E-state index contributed by atoms with van der Waals surface area (Å²) in [7, 11) is 0. The molecule has 0 N–H and O–H groups in total. The van der Waals surface area contributed by atoms with Crippen molar-refractivity contribution in [2.24, 2.45) is 22.7 Å². The number of hydrogen-bond donors (Lipinski definition) is 0. The fourth-order valence-corrected chi connectivity index (χ4v) is 5.28. The first-order chi connectivity index (χ1) is 10.3. The molecule has 2 nitrogen and oxygen atoms in total. The number of cyclic esters (lactones) is 1. The third-order valence-corrected chi connectivity index (χ3v) is 6.40. The summed E-state index contributed by atoms with van der Waals surface area (Å²) < 4.78 is 4.99. The average molecular weight is 300 g/mol. The molecule has 3 rings (SSSR count). The van der Waals surface area contributed by atoms with Crippen LogP contribution in [0.4, 0.5) is 0 Å². The molecule has 0 spiro atoms. The van der Waals surface area contributed by atoms with Crippen molar-refractivity contribution < 1.29 is 9.53 Å². The Morgan fingerprint density at radius 2 is 2.09 bits per heavy atom. The summed E-state index contributed by atoms with van der Waals surface area (Å²) >= 11 is 0. The standard InChI is InChI=1S/C20H28O2/c1-14-6-9-17-19(2,3)11-5-12-20(17,4)16(14)8-7-15-10-13-22-18(15)21/h7-8,10,16-17H,1,5-6,9,11-13H2,2-4H3/t16-,17-,20-/m1/s1. The Bertz CT molecular complexity index is 552. The van der Waals surface area contributed by atoms with E-state index in [4.69, 9.17) is 4.74 Å². The monoisotopic (exact) mass is 300 g/mol. The number of esters is 1. The van der Waals surface area contributed by atoms with Gasteiger partial charge in [0.25, 0.3) is 0 Å². The number of rotatable bonds is 2. The number of allylic oxidation sites excluding steroid dienone is 2. The largest absolute Gasteiger partial charge is 0.458 e. The highest BCUT2D eigenvalue weighted by Gasteiger charge is 2.52. The molecule has 0 unspecified atom stereocenters. The van der Waals surface area contributed by atoms with Gasteiger partial charge in [-0.3, -0.25) is 0 Å². The van der Waals surface area contributed by atoms with Crippen molar-refractivity contribution in [3.8, 4) is 0 Å². The molecule has 0 aromatic rings. The quantitative estimate of drug-likeness (QED) is 0.539. The van der Waals surface area contributed by atoms with Crippen molar-refractivity contribution >= 4 is 5.97 Å². The fourth-order valence-electron chi connectivity index (χ4n) is 5.28. The summed E-state index contributed by atoms with van der Waals surface area (Å²) in [6.07, 6.45) is 12.3. The van der Waals surface area contributed by atoms with E-state index >= 15 is 0 Å². The minimum Gasteiger partial charge on any atom is -0.458 e. The number of carbonyl (C=O) groups is 1. The highest BCUT2D eigenvalue weighted by molar-refractivity contribution is 5.93. The molecule has 2 fully saturated rings. The zero-order valence-corrected chi connectivity index (χ0v) is 14.2. The summed E-state index contributed by atoms with van der Waals surface area (Å²) in [6, 6.07) is 0. The van der Waals surface area contributed by atoms with E-state index in [1.54, 1.807) is 0 Å². The molecule has 22 heavy (non-hydrogen) atoms. The van der Waals surface area contributed by atoms with Gasteiger partial charge in [-0.15, -0.1) is 0 Å². The Hall–Kier alpha value is -1.31. The van der Waals surface area contributed by atoms with E-state index in [1.807, 2.05) is 12.2 Å². The molecule has 3 atom stereocenters. The van der Waals surface area contributed by atoms with Crippen LogP contribution in [0.1, 0.15) is 52.9 Å². The molecule has 3 aliphatic rings. The Labute approximate surface area is 134 Å². The lowest BCUT2D eigenvalue weighted by Crippen LogP contribution is -2.48. The maximum absolute atomic E-state index is 11.6. The minimum absolute atomic E-state index is 0.191. The molecule has 0 saturated heterocycles. The van der Waals surface area contributed by atoms with Crippen LogP contribution in [0.5, 0.6) is 0 Å². The lowest BCUT2D eigenvalue weighted by Gasteiger charge is -2.57. The molecular weight excluding hydrogens is 272 g/mol. The van der Waals surface area contributed by atoms with Crippen molar-refractivity contribution in [3.05, 3.63) is 36.0 Å². The van der Waals surface area contributed by atoms with Crippen LogP contribution in [0.15, 0.2) is 36.0 Å². The van der Waals surface area contributed by atoms with Gasteiger partial charge in [0.1, 0.15) is 6.61 Å². The van der Waals surface area contributed by atoms with Crippen LogP contribution in [0.3, 0.4) is 0 Å². The smallest absolute Gasteiger partial charge is 0.338 e. The molecule has 2 heteroatoms. The Morgan fingerprint density at radius 1 is 1.32 bits per heavy atom. The topological polar surface area (TPSA) is 26.3 Å². The second-order valence-corrected chi connectivity index (χ2v) is 8.19. The van der Waals surface area contributed by atoms with Crippen LogP contribution in [0.2, 0.25) is 0 Å². The van der Waals surface area contributed by atoms with Crippen LogP contribution in [-0.4, -0.2) is 12.6 Å². The van der Waals surface area contributed by atoms with E-state index in [-0.39, 0.29) is 11.4 Å². The first-order valence-corrected chi connectivity index (χ1v) is 8.58. The molecule has 0 bridgehead atoms. The number of hydrogen-bond acceptors (Lipinski definition) is 2. The summed E-state index contributed by atoms with van der Waals surface area (Å²) in [6.45, 7) is 12.1. The summed E-state index contributed by atoms with van der Waals surface area (Å²) in [5.74, 6) is 0.918. The summed E-state index contributed by atoms with van der Waals surface area (Å²) in [5, 5.41) is 0. The first kappa shape index (κ1) is 15.6. The molecule has 0 radical (unpaired) electrons. The third kappa shape index (κ3) is 2.47. The lowest BCUT2D eigenvalue weighted by atomic mass is 9.47. The molecule has 0 amide bonds. The van der Waals surface area contributed by atoms with Gasteiger partial charge in [0.05, 0.1) is 5.57 Å². The van der Waals surface area contributed by atoms with E-state index in [0.29, 0.717) is 23.5 Å². The number of fused-ring (bicyclic) bond motifs is 1. The molecule has 1 heterocycles. The Kier molecular flexibility index (Phi) is 3.82. The van der Waals surface area contributed by atoms with Gasteiger partial charge >= 0.3 is 5.97 Å². The zero-order valence-electron chi connectivity index (χ0n) is 14.2. The van der Waals surface area contributed by atoms with Crippen LogP contribution < -0.4 is 0 Å².